The fraction of sp³-hybridized carbons (Fsp3) is 0.267. The molecule has 0 aliphatic heterocycles. The summed E-state index contributed by atoms with van der Waals surface area (Å²) in [4.78, 5) is 4.06. The summed E-state index contributed by atoms with van der Waals surface area (Å²) in [6, 6.07) is 5.72. The van der Waals surface area contributed by atoms with Crippen LogP contribution in [0.2, 0.25) is 5.02 Å². The molecule has 2 aromatic rings. The first-order valence-corrected chi connectivity index (χ1v) is 6.62. The number of rotatable bonds is 4. The summed E-state index contributed by atoms with van der Waals surface area (Å²) in [6.07, 6.45) is 0.690. The first-order valence-electron chi connectivity index (χ1n) is 6.24. The molecule has 0 spiro atoms. The highest BCUT2D eigenvalue weighted by molar-refractivity contribution is 6.31. The van der Waals surface area contributed by atoms with Crippen LogP contribution in [0.1, 0.15) is 23.7 Å². The minimum Gasteiger partial charge on any atom is -0.471 e. The van der Waals surface area contributed by atoms with E-state index in [1.807, 2.05) is 6.92 Å². The summed E-state index contributed by atoms with van der Waals surface area (Å²) < 4.78 is 32.6. The van der Waals surface area contributed by atoms with Crippen LogP contribution in [0.5, 0.6) is 5.88 Å². The predicted octanol–water partition coefficient (Wildman–Crippen LogP) is 4.46. The second-order valence-electron chi connectivity index (χ2n) is 4.36. The van der Waals surface area contributed by atoms with Gasteiger partial charge in [-0.05, 0) is 37.1 Å². The van der Waals surface area contributed by atoms with Crippen LogP contribution in [0, 0.1) is 18.6 Å². The lowest BCUT2D eigenvalue weighted by Crippen LogP contribution is -2.04. The molecule has 0 radical (unpaired) electrons. The number of aromatic nitrogens is 1. The van der Waals surface area contributed by atoms with Crippen LogP contribution in [0.4, 0.5) is 8.78 Å². The Bertz CT molecular complexity index is 611. The molecule has 0 bridgehead atoms. The van der Waals surface area contributed by atoms with Crippen LogP contribution in [0.3, 0.4) is 0 Å². The molecule has 106 valence electrons. The van der Waals surface area contributed by atoms with Crippen LogP contribution in [-0.2, 0) is 13.0 Å². The van der Waals surface area contributed by atoms with E-state index in [0.29, 0.717) is 12.1 Å². The fourth-order valence-electron chi connectivity index (χ4n) is 1.87. The number of aryl methyl sites for hydroxylation is 2. The highest BCUT2D eigenvalue weighted by Crippen LogP contribution is 2.23. The number of nitrogens with zero attached hydrogens (tertiary/aromatic N) is 1. The fourth-order valence-corrected chi connectivity index (χ4v) is 2.08. The molecule has 0 saturated heterocycles. The van der Waals surface area contributed by atoms with E-state index < -0.39 is 11.6 Å². The van der Waals surface area contributed by atoms with Crippen molar-refractivity contribution < 1.29 is 13.5 Å². The van der Waals surface area contributed by atoms with Crippen LogP contribution in [0.15, 0.2) is 24.3 Å². The molecule has 0 N–H and O–H groups in total. The molecular formula is C15H14ClF2NO. The molecule has 2 nitrogen and oxygen atoms in total. The average molecular weight is 298 g/mol. The van der Waals surface area contributed by atoms with E-state index in [4.69, 9.17) is 16.3 Å². The van der Waals surface area contributed by atoms with E-state index >= 15 is 0 Å². The Kier molecular flexibility index (Phi) is 4.55. The van der Waals surface area contributed by atoms with Crippen molar-refractivity contribution in [2.24, 2.45) is 0 Å². The van der Waals surface area contributed by atoms with Gasteiger partial charge in [-0.3, -0.25) is 0 Å². The number of hydrogen-bond acceptors (Lipinski definition) is 2. The molecule has 0 fully saturated rings. The summed E-state index contributed by atoms with van der Waals surface area (Å²) in [5.74, 6) is -1.18. The van der Waals surface area contributed by atoms with Gasteiger partial charge in [-0.2, -0.15) is 0 Å². The molecule has 0 amide bonds. The molecule has 0 aliphatic carbocycles. The van der Waals surface area contributed by atoms with Crippen molar-refractivity contribution in [1.82, 2.24) is 4.98 Å². The second-order valence-corrected chi connectivity index (χ2v) is 4.77. The van der Waals surface area contributed by atoms with E-state index in [1.54, 1.807) is 13.0 Å². The summed E-state index contributed by atoms with van der Waals surface area (Å²) in [5, 5.41) is 0.243. The number of halogens is 3. The van der Waals surface area contributed by atoms with Crippen molar-refractivity contribution in [1.29, 1.82) is 0 Å². The first-order chi connectivity index (χ1) is 9.52. The van der Waals surface area contributed by atoms with Gasteiger partial charge in [0.25, 0.3) is 5.88 Å². The topological polar surface area (TPSA) is 22.1 Å². The van der Waals surface area contributed by atoms with Gasteiger partial charge in [0.2, 0.25) is 0 Å². The zero-order valence-electron chi connectivity index (χ0n) is 11.2. The van der Waals surface area contributed by atoms with Gasteiger partial charge < -0.3 is 4.74 Å². The third-order valence-electron chi connectivity index (χ3n) is 3.04. The molecular weight excluding hydrogens is 284 g/mol. The van der Waals surface area contributed by atoms with Crippen molar-refractivity contribution in [2.75, 3.05) is 0 Å². The Morgan fingerprint density at radius 3 is 2.65 bits per heavy atom. The molecule has 5 heteroatoms. The van der Waals surface area contributed by atoms with Crippen LogP contribution in [-0.4, -0.2) is 4.98 Å². The van der Waals surface area contributed by atoms with E-state index in [1.165, 1.54) is 18.2 Å². The summed E-state index contributed by atoms with van der Waals surface area (Å²) in [6.45, 7) is 3.53. The minimum atomic E-state index is -0.556. The van der Waals surface area contributed by atoms with Gasteiger partial charge in [0.05, 0.1) is 5.02 Å². The molecule has 0 aliphatic rings. The summed E-state index contributed by atoms with van der Waals surface area (Å²) in [7, 11) is 0. The molecule has 0 atom stereocenters. The molecule has 1 heterocycles. The number of ether oxygens (including phenoxy) is 1. The quantitative estimate of drug-likeness (QED) is 0.831. The third kappa shape index (κ3) is 3.07. The predicted molar refractivity (Wildman–Crippen MR) is 74.1 cm³/mol. The van der Waals surface area contributed by atoms with Crippen molar-refractivity contribution in [3.63, 3.8) is 0 Å². The van der Waals surface area contributed by atoms with E-state index in [-0.39, 0.29) is 23.1 Å². The molecule has 20 heavy (non-hydrogen) atoms. The van der Waals surface area contributed by atoms with Crippen LogP contribution in [0.25, 0.3) is 0 Å². The van der Waals surface area contributed by atoms with E-state index in [2.05, 4.69) is 4.98 Å². The smallest absolute Gasteiger partial charge is 0.250 e. The third-order valence-corrected chi connectivity index (χ3v) is 3.39. The Hall–Kier alpha value is -1.68. The molecule has 0 saturated carbocycles. The maximum Gasteiger partial charge on any atom is 0.250 e. The normalized spacial score (nSPS) is 10.7. The SMILES string of the molecule is CCc1cc(F)c(OCc2c(F)cccc2Cl)nc1C. The molecule has 0 unspecified atom stereocenters. The standard InChI is InChI=1S/C15H14ClF2NO/c1-3-10-7-14(18)15(19-9(10)2)20-8-11-12(16)5-4-6-13(11)17/h4-7H,3,8H2,1-2H3. The lowest BCUT2D eigenvalue weighted by Gasteiger charge is -2.11. The van der Waals surface area contributed by atoms with Crippen molar-refractivity contribution in [3.05, 3.63) is 57.7 Å². The van der Waals surface area contributed by atoms with E-state index in [0.717, 1.165) is 5.56 Å². The zero-order chi connectivity index (χ0) is 14.7. The lowest BCUT2D eigenvalue weighted by molar-refractivity contribution is 0.271. The Balaban J connectivity index is 2.21. The highest BCUT2D eigenvalue weighted by atomic mass is 35.5. The number of benzene rings is 1. The Labute approximate surface area is 121 Å². The van der Waals surface area contributed by atoms with Crippen molar-refractivity contribution in [3.8, 4) is 5.88 Å². The van der Waals surface area contributed by atoms with Crippen molar-refractivity contribution in [2.45, 2.75) is 26.9 Å². The van der Waals surface area contributed by atoms with Gasteiger partial charge in [0, 0.05) is 11.3 Å². The monoisotopic (exact) mass is 297 g/mol. The minimum absolute atomic E-state index is 0.140. The maximum absolute atomic E-state index is 13.8. The average Bonchev–Trinajstić information content (AvgIpc) is 2.41. The van der Waals surface area contributed by atoms with E-state index in [9.17, 15) is 8.78 Å². The van der Waals surface area contributed by atoms with Gasteiger partial charge >= 0.3 is 0 Å². The summed E-state index contributed by atoms with van der Waals surface area (Å²) >= 11 is 5.88. The molecule has 1 aromatic heterocycles. The lowest BCUT2D eigenvalue weighted by atomic mass is 10.1. The largest absolute Gasteiger partial charge is 0.471 e. The first kappa shape index (κ1) is 14.7. The summed E-state index contributed by atoms with van der Waals surface area (Å²) in [5.41, 5.74) is 1.70. The number of pyridine rings is 1. The van der Waals surface area contributed by atoms with Gasteiger partial charge in [-0.1, -0.05) is 24.6 Å². The maximum atomic E-state index is 13.8. The van der Waals surface area contributed by atoms with Gasteiger partial charge in [-0.15, -0.1) is 0 Å². The van der Waals surface area contributed by atoms with Gasteiger partial charge in [0.1, 0.15) is 12.4 Å². The van der Waals surface area contributed by atoms with Crippen LogP contribution < -0.4 is 4.74 Å². The Morgan fingerprint density at radius 1 is 1.25 bits per heavy atom. The Morgan fingerprint density at radius 2 is 2.00 bits per heavy atom. The molecule has 2 rings (SSSR count). The van der Waals surface area contributed by atoms with Gasteiger partial charge in [-0.25, -0.2) is 13.8 Å². The second kappa shape index (κ2) is 6.18. The molecule has 1 aromatic carbocycles. The van der Waals surface area contributed by atoms with Gasteiger partial charge in [0.15, 0.2) is 5.82 Å². The highest BCUT2D eigenvalue weighted by Gasteiger charge is 2.12. The van der Waals surface area contributed by atoms with Crippen molar-refractivity contribution >= 4 is 11.6 Å². The zero-order valence-corrected chi connectivity index (χ0v) is 12.0. The van der Waals surface area contributed by atoms with Crippen LogP contribution >= 0.6 is 11.6 Å². The number of hydrogen-bond donors (Lipinski definition) is 0.